The molecule has 0 radical (unpaired) electrons. The first-order valence-corrected chi connectivity index (χ1v) is 10.5. The van der Waals surface area contributed by atoms with Crippen LogP contribution in [0.25, 0.3) is 11.3 Å². The lowest BCUT2D eigenvalue weighted by atomic mass is 10.1. The Bertz CT molecular complexity index is 1070. The Morgan fingerprint density at radius 2 is 1.87 bits per heavy atom. The molecule has 0 aliphatic carbocycles. The van der Waals surface area contributed by atoms with E-state index in [9.17, 15) is 4.79 Å². The van der Waals surface area contributed by atoms with E-state index in [1.165, 1.54) is 0 Å². The van der Waals surface area contributed by atoms with Crippen LogP contribution < -0.4 is 9.64 Å². The van der Waals surface area contributed by atoms with E-state index < -0.39 is 0 Å². The number of methoxy groups -OCH3 is 1. The number of carbonyl (C=O) groups is 1. The molecule has 4 rings (SSSR count). The van der Waals surface area contributed by atoms with Gasteiger partial charge in [0.1, 0.15) is 0 Å². The minimum atomic E-state index is 0.00648. The van der Waals surface area contributed by atoms with Crippen LogP contribution in [-0.4, -0.2) is 59.0 Å². The number of rotatable bonds is 4. The Kier molecular flexibility index (Phi) is 5.94. The van der Waals surface area contributed by atoms with E-state index in [0.29, 0.717) is 43.6 Å². The van der Waals surface area contributed by atoms with Crippen LogP contribution >= 0.6 is 15.9 Å². The number of ether oxygens (including phenoxy) is 1. The molecule has 1 saturated heterocycles. The van der Waals surface area contributed by atoms with Crippen molar-refractivity contribution in [3.05, 3.63) is 64.4 Å². The second-order valence-corrected chi connectivity index (χ2v) is 7.93. The summed E-state index contributed by atoms with van der Waals surface area (Å²) in [6, 6.07) is 13.5. The minimum absolute atomic E-state index is 0.00648. The van der Waals surface area contributed by atoms with Crippen molar-refractivity contribution in [1.82, 2.24) is 19.9 Å². The lowest BCUT2D eigenvalue weighted by molar-refractivity contribution is 0.0745. The van der Waals surface area contributed by atoms with Crippen molar-refractivity contribution in [2.75, 3.05) is 38.2 Å². The van der Waals surface area contributed by atoms with Crippen molar-refractivity contribution < 1.29 is 9.53 Å². The fraction of sp³-hybridized carbons (Fsp3) is 0.273. The summed E-state index contributed by atoms with van der Waals surface area (Å²) < 4.78 is 6.17. The number of nitrogens with zero attached hydrogens (tertiary/aromatic N) is 5. The molecule has 1 fully saturated rings. The fourth-order valence-corrected chi connectivity index (χ4v) is 3.87. The van der Waals surface area contributed by atoms with Gasteiger partial charge in [-0.3, -0.25) is 9.78 Å². The average Bonchev–Trinajstić information content (AvgIpc) is 2.79. The van der Waals surface area contributed by atoms with Gasteiger partial charge in [0.2, 0.25) is 11.8 Å². The van der Waals surface area contributed by atoms with Crippen LogP contribution in [-0.2, 0) is 0 Å². The zero-order chi connectivity index (χ0) is 21.1. The molecule has 154 valence electrons. The molecular formula is C22H22BrN5O2. The fourth-order valence-electron chi connectivity index (χ4n) is 3.47. The van der Waals surface area contributed by atoms with E-state index in [-0.39, 0.29) is 5.91 Å². The summed E-state index contributed by atoms with van der Waals surface area (Å²) in [6.07, 6.45) is 1.68. The molecule has 0 N–H and O–H groups in total. The molecule has 7 nitrogen and oxygen atoms in total. The number of aryl methyl sites for hydroxylation is 1. The maximum Gasteiger partial charge on any atom is 0.255 e. The number of hydrogen-bond acceptors (Lipinski definition) is 6. The van der Waals surface area contributed by atoms with Gasteiger partial charge in [-0.15, -0.1) is 0 Å². The first-order valence-electron chi connectivity index (χ1n) is 9.70. The number of benzene rings is 1. The van der Waals surface area contributed by atoms with Crippen LogP contribution in [0.4, 0.5) is 5.95 Å². The van der Waals surface area contributed by atoms with Crippen LogP contribution in [0.1, 0.15) is 16.1 Å². The lowest BCUT2D eigenvalue weighted by Crippen LogP contribution is -2.49. The molecule has 0 atom stereocenters. The van der Waals surface area contributed by atoms with Gasteiger partial charge in [0.25, 0.3) is 5.91 Å². The molecule has 8 heteroatoms. The Labute approximate surface area is 183 Å². The Balaban J connectivity index is 1.45. The molecule has 0 spiro atoms. The zero-order valence-electron chi connectivity index (χ0n) is 16.9. The summed E-state index contributed by atoms with van der Waals surface area (Å²) in [6.45, 7) is 4.43. The Morgan fingerprint density at radius 3 is 2.57 bits per heavy atom. The molecule has 3 aromatic rings. The maximum atomic E-state index is 13.1. The number of piperazine rings is 1. The molecule has 2 aromatic heterocycles. The number of pyridine rings is 1. The third-order valence-corrected chi connectivity index (χ3v) is 5.61. The molecule has 3 heterocycles. The summed E-state index contributed by atoms with van der Waals surface area (Å²) in [4.78, 5) is 30.4. The average molecular weight is 468 g/mol. The van der Waals surface area contributed by atoms with Gasteiger partial charge in [-0.05, 0) is 31.2 Å². The van der Waals surface area contributed by atoms with Crippen LogP contribution in [0.5, 0.6) is 5.88 Å². The standard InChI is InChI=1S/C22H22BrN5O2/c1-15-18(6-7-19(25-15)16-4-3-5-17(23)14-16)21(29)27-10-12-28(13-11-27)22-24-9-8-20(26-22)30-2/h3-9,14H,10-13H2,1-2H3. The summed E-state index contributed by atoms with van der Waals surface area (Å²) in [5.41, 5.74) is 3.24. The van der Waals surface area contributed by atoms with Gasteiger partial charge in [0, 0.05) is 48.5 Å². The number of carbonyl (C=O) groups excluding carboxylic acids is 1. The molecule has 1 aromatic carbocycles. The van der Waals surface area contributed by atoms with Crippen molar-refractivity contribution in [1.29, 1.82) is 0 Å². The highest BCUT2D eigenvalue weighted by Gasteiger charge is 2.25. The van der Waals surface area contributed by atoms with E-state index >= 15 is 0 Å². The van der Waals surface area contributed by atoms with Gasteiger partial charge < -0.3 is 14.5 Å². The van der Waals surface area contributed by atoms with Gasteiger partial charge in [-0.1, -0.05) is 28.1 Å². The minimum Gasteiger partial charge on any atom is -0.481 e. The number of hydrogen-bond donors (Lipinski definition) is 0. The van der Waals surface area contributed by atoms with Crippen LogP contribution in [0.15, 0.2) is 53.1 Å². The number of amides is 1. The van der Waals surface area contributed by atoms with E-state index in [2.05, 4.69) is 35.8 Å². The third kappa shape index (κ3) is 4.28. The largest absolute Gasteiger partial charge is 0.481 e. The Hall–Kier alpha value is -3.00. The maximum absolute atomic E-state index is 13.1. The normalized spacial score (nSPS) is 14.0. The first-order chi connectivity index (χ1) is 14.5. The molecule has 1 aliphatic heterocycles. The van der Waals surface area contributed by atoms with Gasteiger partial charge in [0.15, 0.2) is 0 Å². The van der Waals surface area contributed by atoms with E-state index in [1.54, 1.807) is 19.4 Å². The van der Waals surface area contributed by atoms with Crippen molar-refractivity contribution >= 4 is 27.8 Å². The highest BCUT2D eigenvalue weighted by molar-refractivity contribution is 9.10. The smallest absolute Gasteiger partial charge is 0.255 e. The lowest BCUT2D eigenvalue weighted by Gasteiger charge is -2.35. The molecule has 0 unspecified atom stereocenters. The molecule has 0 saturated carbocycles. The topological polar surface area (TPSA) is 71.5 Å². The quantitative estimate of drug-likeness (QED) is 0.583. The van der Waals surface area contributed by atoms with E-state index in [0.717, 1.165) is 21.4 Å². The van der Waals surface area contributed by atoms with Crippen molar-refractivity contribution in [2.24, 2.45) is 0 Å². The van der Waals surface area contributed by atoms with Crippen molar-refractivity contribution in [3.63, 3.8) is 0 Å². The Morgan fingerprint density at radius 1 is 1.07 bits per heavy atom. The SMILES string of the molecule is COc1ccnc(N2CCN(C(=O)c3ccc(-c4cccc(Br)c4)nc3C)CC2)n1. The molecular weight excluding hydrogens is 446 g/mol. The predicted octanol–water partition coefficient (Wildman–Crippen LogP) is 3.58. The van der Waals surface area contributed by atoms with Crippen LogP contribution in [0.3, 0.4) is 0 Å². The number of anilines is 1. The van der Waals surface area contributed by atoms with E-state index in [4.69, 9.17) is 4.74 Å². The zero-order valence-corrected chi connectivity index (χ0v) is 18.5. The number of aromatic nitrogens is 3. The molecule has 0 bridgehead atoms. The van der Waals surface area contributed by atoms with E-state index in [1.807, 2.05) is 48.2 Å². The second-order valence-electron chi connectivity index (χ2n) is 7.02. The summed E-state index contributed by atoms with van der Waals surface area (Å²) >= 11 is 3.49. The first kappa shape index (κ1) is 20.3. The number of halogens is 1. The van der Waals surface area contributed by atoms with Gasteiger partial charge >= 0.3 is 0 Å². The van der Waals surface area contributed by atoms with Crippen molar-refractivity contribution in [2.45, 2.75) is 6.92 Å². The second kappa shape index (κ2) is 8.79. The highest BCUT2D eigenvalue weighted by atomic mass is 79.9. The monoisotopic (exact) mass is 467 g/mol. The summed E-state index contributed by atoms with van der Waals surface area (Å²) in [5.74, 6) is 1.16. The molecule has 30 heavy (non-hydrogen) atoms. The highest BCUT2D eigenvalue weighted by Crippen LogP contribution is 2.23. The summed E-state index contributed by atoms with van der Waals surface area (Å²) in [5, 5.41) is 0. The van der Waals surface area contributed by atoms with Gasteiger partial charge in [-0.25, -0.2) is 4.98 Å². The van der Waals surface area contributed by atoms with Gasteiger partial charge in [0.05, 0.1) is 24.1 Å². The van der Waals surface area contributed by atoms with Crippen LogP contribution in [0, 0.1) is 6.92 Å². The molecule has 1 aliphatic rings. The van der Waals surface area contributed by atoms with Crippen LogP contribution in [0.2, 0.25) is 0 Å². The van der Waals surface area contributed by atoms with Crippen molar-refractivity contribution in [3.8, 4) is 17.1 Å². The third-order valence-electron chi connectivity index (χ3n) is 5.11. The molecule has 1 amide bonds. The van der Waals surface area contributed by atoms with Gasteiger partial charge in [-0.2, -0.15) is 4.98 Å². The predicted molar refractivity (Wildman–Crippen MR) is 119 cm³/mol. The summed E-state index contributed by atoms with van der Waals surface area (Å²) in [7, 11) is 1.58.